The van der Waals surface area contributed by atoms with Gasteiger partial charge in [-0.25, -0.2) is 9.59 Å². The first-order chi connectivity index (χ1) is 21.6. The van der Waals surface area contributed by atoms with Crippen LogP contribution in [-0.2, 0) is 38.0 Å². The van der Waals surface area contributed by atoms with E-state index in [-0.39, 0.29) is 23.1 Å². The summed E-state index contributed by atoms with van der Waals surface area (Å²) in [7, 11) is 0. The summed E-state index contributed by atoms with van der Waals surface area (Å²) < 4.78 is 28.9. The molecule has 4 heterocycles. The molecule has 0 saturated carbocycles. The van der Waals surface area contributed by atoms with Crippen LogP contribution in [0.25, 0.3) is 0 Å². The Bertz CT molecular complexity index is 1040. The van der Waals surface area contributed by atoms with Gasteiger partial charge in [-0.3, -0.25) is 0 Å². The predicted octanol–water partition coefficient (Wildman–Crippen LogP) is -11.1. The molecule has 0 unspecified atom stereocenters. The summed E-state index contributed by atoms with van der Waals surface area (Å²) in [6.07, 6.45) is -23.1. The van der Waals surface area contributed by atoms with Crippen LogP contribution in [0.5, 0.6) is 0 Å². The third kappa shape index (κ3) is 8.71. The smallest absolute Gasteiger partial charge is 0.870 e. The van der Waals surface area contributed by atoms with E-state index in [0.717, 1.165) is 0 Å². The van der Waals surface area contributed by atoms with Crippen LogP contribution >= 0.6 is 0 Å². The Morgan fingerprint density at radius 3 is 1.19 bits per heavy atom. The fourth-order valence-electron chi connectivity index (χ4n) is 4.38. The molecule has 0 spiro atoms. The molecule has 264 valence electrons. The molecule has 22 nitrogen and oxygen atoms in total. The van der Waals surface area contributed by atoms with E-state index in [0.29, 0.717) is 0 Å². The second-order valence-electron chi connectivity index (χ2n) is 10.2. The average molecular weight is 699 g/mol. The van der Waals surface area contributed by atoms with Crippen LogP contribution < -0.4 is 10.2 Å². The Kier molecular flexibility index (Phi) is 15.2. The zero-order valence-electron chi connectivity index (χ0n) is 24.1. The molecule has 4 aliphatic heterocycles. The maximum absolute atomic E-state index is 11.9. The summed E-state index contributed by atoms with van der Waals surface area (Å²) in [4.78, 5) is 23.2. The molecule has 23 heteroatoms. The normalized spacial score (nSPS) is 38.5. The Morgan fingerprint density at radius 2 is 0.915 bits per heavy atom. The maximum atomic E-state index is 11.9. The van der Waals surface area contributed by atoms with E-state index in [2.05, 4.69) is 9.47 Å². The molecule has 4 rings (SSSR count). The second kappa shape index (κ2) is 17.5. The number of carbonyl (C=O) groups excluding carboxylic acids is 2. The van der Waals surface area contributed by atoms with Crippen molar-refractivity contribution in [3.63, 3.8) is 0 Å². The van der Waals surface area contributed by atoms with Gasteiger partial charge in [0.2, 0.25) is 12.6 Å². The predicted molar refractivity (Wildman–Crippen MR) is 135 cm³/mol. The topological polar surface area (TPSA) is 378 Å². The molecule has 14 atom stereocenters. The Hall–Kier alpha value is -2.17. The van der Waals surface area contributed by atoms with Crippen LogP contribution in [0.1, 0.15) is 0 Å². The Balaban J connectivity index is 0.000000320. The van der Waals surface area contributed by atoms with E-state index < -0.39 is 147 Å². The molecule has 0 aromatic heterocycles. The summed E-state index contributed by atoms with van der Waals surface area (Å²) in [6.45, 7) is -3.11. The zero-order chi connectivity index (χ0) is 34.6. The van der Waals surface area contributed by atoms with Crippen LogP contribution in [0.3, 0.4) is 0 Å². The maximum Gasteiger partial charge on any atom is 2.00 e. The van der Waals surface area contributed by atoms with E-state index in [1.807, 2.05) is 0 Å². The summed E-state index contributed by atoms with van der Waals surface area (Å²) >= 11 is 0. The number of rotatable bonds is 10. The molecular formula is C24H34MgO22. The zero-order valence-corrected chi connectivity index (χ0v) is 25.5. The van der Waals surface area contributed by atoms with Crippen LogP contribution in [0.15, 0.2) is 23.0 Å². The van der Waals surface area contributed by atoms with E-state index >= 15 is 0 Å². The largest absolute Gasteiger partial charge is 2.00 e. The molecule has 0 aromatic rings. The van der Waals surface area contributed by atoms with Crippen LogP contribution in [0.4, 0.5) is 0 Å². The molecule has 0 bridgehead atoms. The molecule has 0 aromatic carbocycles. The third-order valence-corrected chi connectivity index (χ3v) is 7.04. The van der Waals surface area contributed by atoms with Crippen molar-refractivity contribution < 1.29 is 110 Å². The first kappa shape index (κ1) is 41.0. The van der Waals surface area contributed by atoms with Crippen LogP contribution in [0, 0.1) is 0 Å². The second-order valence-corrected chi connectivity index (χ2v) is 10.2. The van der Waals surface area contributed by atoms with Crippen molar-refractivity contribution in [1.29, 1.82) is 0 Å². The van der Waals surface area contributed by atoms with Crippen molar-refractivity contribution in [1.82, 2.24) is 0 Å². The van der Waals surface area contributed by atoms with Gasteiger partial charge in [0.25, 0.3) is 0 Å². The first-order valence-electron chi connectivity index (χ1n) is 13.4. The number of ether oxygens (including phenoxy) is 6. The Morgan fingerprint density at radius 1 is 0.596 bits per heavy atom. The number of esters is 2. The van der Waals surface area contributed by atoms with Gasteiger partial charge in [-0.05, 0) is 11.5 Å². The molecule has 0 radical (unpaired) electrons. The number of aliphatic hydroxyl groups is 12. The van der Waals surface area contributed by atoms with E-state index in [1.165, 1.54) is 0 Å². The van der Waals surface area contributed by atoms with Gasteiger partial charge in [-0.1, -0.05) is 0 Å². The van der Waals surface area contributed by atoms with Gasteiger partial charge >= 0.3 is 35.0 Å². The molecule has 12 N–H and O–H groups in total. The number of cyclic esters (lactones) is 2. The van der Waals surface area contributed by atoms with Crippen molar-refractivity contribution in [2.24, 2.45) is 0 Å². The monoisotopic (exact) mass is 698 g/mol. The summed E-state index contributed by atoms with van der Waals surface area (Å²) in [5, 5.41) is 136. The van der Waals surface area contributed by atoms with Crippen LogP contribution in [-0.4, -0.2) is 209 Å². The summed E-state index contributed by atoms with van der Waals surface area (Å²) in [6, 6.07) is 0. The van der Waals surface area contributed by atoms with Crippen molar-refractivity contribution in [2.75, 3.05) is 26.4 Å². The van der Waals surface area contributed by atoms with E-state index in [9.17, 15) is 60.7 Å². The minimum Gasteiger partial charge on any atom is -0.870 e. The first-order valence-corrected chi connectivity index (χ1v) is 13.4. The van der Waals surface area contributed by atoms with Crippen LogP contribution in [0.2, 0.25) is 0 Å². The molecule has 47 heavy (non-hydrogen) atoms. The van der Waals surface area contributed by atoms with Gasteiger partial charge in [0.15, 0.2) is 11.5 Å². The minimum atomic E-state index is -1.82. The molecular weight excluding hydrogens is 665 g/mol. The van der Waals surface area contributed by atoms with Gasteiger partial charge in [-0.15, -0.1) is 0 Å². The minimum absolute atomic E-state index is 0. The van der Waals surface area contributed by atoms with Crippen molar-refractivity contribution in [3.8, 4) is 0 Å². The standard InChI is InChI=1S/2C12H18O11.Mg/c2*13-1-3(15)9-8(19)10(11(20)22-9)23-12-7(18)6(17)5(16)4(2-14)21-12;/h2*3-7,9,12-19H,1-2H2;/q;;+2/p-2/t2*3-,4+,5+,6-,7+,9+,12+;/m00./s1. The van der Waals surface area contributed by atoms with Crippen molar-refractivity contribution in [3.05, 3.63) is 23.0 Å². The van der Waals surface area contributed by atoms with E-state index in [1.54, 1.807) is 0 Å². The molecule has 0 amide bonds. The van der Waals surface area contributed by atoms with Crippen molar-refractivity contribution >= 4 is 35.0 Å². The average Bonchev–Trinajstić information content (AvgIpc) is 3.49. The van der Waals surface area contributed by atoms with Gasteiger partial charge in [-0.2, -0.15) is 0 Å². The van der Waals surface area contributed by atoms with Gasteiger partial charge in [0.1, 0.15) is 73.2 Å². The number of hydrogen-bond acceptors (Lipinski definition) is 22. The fraction of sp³-hybridized carbons (Fsp3) is 0.750. The molecule has 2 saturated heterocycles. The van der Waals surface area contributed by atoms with E-state index in [4.69, 9.17) is 39.4 Å². The third-order valence-electron chi connectivity index (χ3n) is 7.04. The van der Waals surface area contributed by atoms with Gasteiger partial charge in [0, 0.05) is 0 Å². The van der Waals surface area contributed by atoms with Gasteiger partial charge < -0.3 is 99.9 Å². The van der Waals surface area contributed by atoms with Crippen molar-refractivity contribution in [2.45, 2.75) is 85.8 Å². The summed E-state index contributed by atoms with van der Waals surface area (Å²) in [5.41, 5.74) is 0. The molecule has 4 aliphatic rings. The van der Waals surface area contributed by atoms with Gasteiger partial charge in [0.05, 0.1) is 26.4 Å². The SMILES string of the molecule is O=C1O[C@H]([C@@H](O)CO)C([O-])=C1O[C@H]1O[C@H](CO)[C@@H](O)[C@H](O)[C@H]1O.O=C1O[C@H]([C@@H](O)CO)C([O-])=C1O[C@H]1O[C@H](CO)[C@@H](O)[C@H](O)[C@H]1O.[Mg+2]. The molecule has 0 aliphatic carbocycles. The quantitative estimate of drug-likeness (QED) is 0.0744. The number of carbonyl (C=O) groups is 2. The number of aliphatic hydroxyl groups excluding tert-OH is 12. The summed E-state index contributed by atoms with van der Waals surface area (Å²) in [5.74, 6) is -6.44. The Labute approximate surface area is 279 Å². The number of hydrogen-bond donors (Lipinski definition) is 12. The fourth-order valence-corrected chi connectivity index (χ4v) is 4.38. The molecule has 2 fully saturated rings.